The van der Waals surface area contributed by atoms with Crippen LogP contribution in [0.3, 0.4) is 0 Å². The summed E-state index contributed by atoms with van der Waals surface area (Å²) in [5.41, 5.74) is 7.24. The van der Waals surface area contributed by atoms with E-state index in [1.54, 1.807) is 0 Å². The van der Waals surface area contributed by atoms with Crippen molar-refractivity contribution in [3.8, 4) is 0 Å². The van der Waals surface area contributed by atoms with Gasteiger partial charge < -0.3 is 16.4 Å². The third-order valence-electron chi connectivity index (χ3n) is 3.07. The molecule has 4 N–H and O–H groups in total. The Kier molecular flexibility index (Phi) is 2.97. The second-order valence-corrected chi connectivity index (χ2v) is 6.00. The van der Waals surface area contributed by atoms with Crippen LogP contribution in [-0.2, 0) is 5.54 Å². The SMILES string of the molecule is CC(C)(C)NC(=O)NC1(c2ccccc2N)CC1. The summed E-state index contributed by atoms with van der Waals surface area (Å²) in [6.45, 7) is 5.88. The molecule has 1 aromatic carbocycles. The van der Waals surface area contributed by atoms with E-state index in [2.05, 4.69) is 10.6 Å². The van der Waals surface area contributed by atoms with Gasteiger partial charge in [0.05, 0.1) is 5.54 Å². The molecule has 1 aromatic rings. The first-order valence-electron chi connectivity index (χ1n) is 6.28. The van der Waals surface area contributed by atoms with E-state index in [-0.39, 0.29) is 17.1 Å². The van der Waals surface area contributed by atoms with Gasteiger partial charge in [-0.1, -0.05) is 18.2 Å². The number of anilines is 1. The van der Waals surface area contributed by atoms with Gasteiger partial charge in [-0.15, -0.1) is 0 Å². The minimum absolute atomic E-state index is 0.136. The first-order chi connectivity index (χ1) is 8.32. The van der Waals surface area contributed by atoms with E-state index in [0.717, 1.165) is 24.1 Å². The second kappa shape index (κ2) is 4.19. The average molecular weight is 247 g/mol. The van der Waals surface area contributed by atoms with Crippen molar-refractivity contribution in [2.24, 2.45) is 0 Å². The molecule has 1 aliphatic carbocycles. The van der Waals surface area contributed by atoms with Gasteiger partial charge in [0.1, 0.15) is 0 Å². The summed E-state index contributed by atoms with van der Waals surface area (Å²) in [5, 5.41) is 5.96. The first kappa shape index (κ1) is 12.7. The van der Waals surface area contributed by atoms with Gasteiger partial charge >= 0.3 is 6.03 Å². The fourth-order valence-electron chi connectivity index (χ4n) is 2.11. The van der Waals surface area contributed by atoms with Crippen LogP contribution in [-0.4, -0.2) is 11.6 Å². The van der Waals surface area contributed by atoms with Crippen LogP contribution in [0.2, 0.25) is 0 Å². The van der Waals surface area contributed by atoms with Crippen LogP contribution in [0.1, 0.15) is 39.2 Å². The maximum Gasteiger partial charge on any atom is 0.315 e. The molecule has 0 aromatic heterocycles. The number of carbonyl (C=O) groups is 1. The number of rotatable bonds is 2. The van der Waals surface area contributed by atoms with Crippen molar-refractivity contribution in [1.82, 2.24) is 10.6 Å². The van der Waals surface area contributed by atoms with E-state index < -0.39 is 0 Å². The molecule has 4 nitrogen and oxygen atoms in total. The zero-order valence-electron chi connectivity index (χ0n) is 11.2. The molecule has 2 amide bonds. The molecule has 1 saturated carbocycles. The number of urea groups is 1. The lowest BCUT2D eigenvalue weighted by molar-refractivity contribution is 0.227. The molecule has 2 rings (SSSR count). The molecule has 1 aliphatic rings. The summed E-state index contributed by atoms with van der Waals surface area (Å²) in [5.74, 6) is 0. The lowest BCUT2D eigenvalue weighted by Gasteiger charge is -2.25. The fraction of sp³-hybridized carbons (Fsp3) is 0.500. The summed E-state index contributed by atoms with van der Waals surface area (Å²) >= 11 is 0. The van der Waals surface area contributed by atoms with E-state index in [9.17, 15) is 4.79 Å². The Morgan fingerprint density at radius 1 is 1.28 bits per heavy atom. The number of hydrogen-bond acceptors (Lipinski definition) is 2. The second-order valence-electron chi connectivity index (χ2n) is 6.00. The van der Waals surface area contributed by atoms with Gasteiger partial charge in [-0.25, -0.2) is 4.79 Å². The quantitative estimate of drug-likeness (QED) is 0.702. The Hall–Kier alpha value is -1.71. The Balaban J connectivity index is 2.10. The standard InChI is InChI=1S/C14H21N3O/c1-13(2,3)16-12(18)17-14(8-9-14)10-6-4-5-7-11(10)15/h4-7H,8-9,15H2,1-3H3,(H2,16,17,18). The van der Waals surface area contributed by atoms with E-state index in [0.29, 0.717) is 0 Å². The van der Waals surface area contributed by atoms with Crippen LogP contribution in [0, 0.1) is 0 Å². The summed E-state index contributed by atoms with van der Waals surface area (Å²) < 4.78 is 0. The minimum atomic E-state index is -0.263. The Bertz CT molecular complexity index is 458. The number of nitrogens with one attached hydrogen (secondary N) is 2. The van der Waals surface area contributed by atoms with Crippen molar-refractivity contribution >= 4 is 11.7 Å². The topological polar surface area (TPSA) is 67.2 Å². The number of carbonyl (C=O) groups excluding carboxylic acids is 1. The smallest absolute Gasteiger partial charge is 0.315 e. The van der Waals surface area contributed by atoms with Crippen LogP contribution in [0.15, 0.2) is 24.3 Å². The molecule has 0 aliphatic heterocycles. The van der Waals surface area contributed by atoms with Crippen molar-refractivity contribution < 1.29 is 4.79 Å². The lowest BCUT2D eigenvalue weighted by Crippen LogP contribution is -2.49. The molecular formula is C14H21N3O. The monoisotopic (exact) mass is 247 g/mol. The molecule has 0 atom stereocenters. The molecule has 0 saturated heterocycles. The predicted molar refractivity (Wildman–Crippen MR) is 73.2 cm³/mol. The molecule has 18 heavy (non-hydrogen) atoms. The van der Waals surface area contributed by atoms with Crippen molar-refractivity contribution in [3.63, 3.8) is 0 Å². The minimum Gasteiger partial charge on any atom is -0.398 e. The first-order valence-corrected chi connectivity index (χ1v) is 6.28. The summed E-state index contributed by atoms with van der Waals surface area (Å²) in [4.78, 5) is 11.9. The largest absolute Gasteiger partial charge is 0.398 e. The number of nitrogens with two attached hydrogens (primary N) is 1. The third-order valence-corrected chi connectivity index (χ3v) is 3.07. The molecule has 4 heteroatoms. The summed E-state index contributed by atoms with van der Waals surface area (Å²) in [6, 6.07) is 7.58. The third kappa shape index (κ3) is 2.75. The van der Waals surface area contributed by atoms with Gasteiger partial charge in [-0.2, -0.15) is 0 Å². The molecule has 1 fully saturated rings. The molecule has 0 unspecified atom stereocenters. The van der Waals surface area contributed by atoms with Gasteiger partial charge in [-0.05, 0) is 39.7 Å². The highest BCUT2D eigenvalue weighted by Crippen LogP contribution is 2.47. The molecule has 0 heterocycles. The van der Waals surface area contributed by atoms with Crippen LogP contribution < -0.4 is 16.4 Å². The normalized spacial score (nSPS) is 17.1. The van der Waals surface area contributed by atoms with Gasteiger partial charge in [-0.3, -0.25) is 0 Å². The molecular weight excluding hydrogens is 226 g/mol. The lowest BCUT2D eigenvalue weighted by atomic mass is 10.0. The van der Waals surface area contributed by atoms with E-state index in [4.69, 9.17) is 5.73 Å². The van der Waals surface area contributed by atoms with Crippen molar-refractivity contribution in [1.29, 1.82) is 0 Å². The molecule has 0 spiro atoms. The van der Waals surface area contributed by atoms with Gasteiger partial charge in [0.25, 0.3) is 0 Å². The number of benzene rings is 1. The van der Waals surface area contributed by atoms with Crippen LogP contribution in [0.25, 0.3) is 0 Å². The van der Waals surface area contributed by atoms with Crippen molar-refractivity contribution in [2.75, 3.05) is 5.73 Å². The Labute approximate surface area is 108 Å². The maximum absolute atomic E-state index is 11.9. The fourth-order valence-corrected chi connectivity index (χ4v) is 2.11. The van der Waals surface area contributed by atoms with Crippen LogP contribution in [0.5, 0.6) is 0 Å². The van der Waals surface area contributed by atoms with E-state index in [1.165, 1.54) is 0 Å². The summed E-state index contributed by atoms with van der Waals surface area (Å²) in [7, 11) is 0. The highest BCUT2D eigenvalue weighted by atomic mass is 16.2. The molecule has 0 bridgehead atoms. The summed E-state index contributed by atoms with van der Waals surface area (Å²) in [6.07, 6.45) is 1.89. The number of amides is 2. The van der Waals surface area contributed by atoms with E-state index >= 15 is 0 Å². The number of nitrogen functional groups attached to an aromatic ring is 1. The maximum atomic E-state index is 11.9. The molecule has 0 radical (unpaired) electrons. The van der Waals surface area contributed by atoms with E-state index in [1.807, 2.05) is 45.0 Å². The van der Waals surface area contributed by atoms with Crippen molar-refractivity contribution in [2.45, 2.75) is 44.7 Å². The number of para-hydroxylation sites is 1. The van der Waals surface area contributed by atoms with Crippen molar-refractivity contribution in [3.05, 3.63) is 29.8 Å². The zero-order chi connectivity index (χ0) is 13.4. The predicted octanol–water partition coefficient (Wildman–Crippen LogP) is 2.36. The highest BCUT2D eigenvalue weighted by molar-refractivity contribution is 5.77. The van der Waals surface area contributed by atoms with Gasteiger partial charge in [0, 0.05) is 16.8 Å². The highest BCUT2D eigenvalue weighted by Gasteiger charge is 2.47. The molecule has 98 valence electrons. The Morgan fingerprint density at radius 2 is 1.89 bits per heavy atom. The van der Waals surface area contributed by atoms with Gasteiger partial charge in [0.2, 0.25) is 0 Å². The average Bonchev–Trinajstić information content (AvgIpc) is 2.96. The van der Waals surface area contributed by atoms with Crippen LogP contribution >= 0.6 is 0 Å². The zero-order valence-corrected chi connectivity index (χ0v) is 11.2. The van der Waals surface area contributed by atoms with Gasteiger partial charge in [0.15, 0.2) is 0 Å². The van der Waals surface area contributed by atoms with Crippen LogP contribution in [0.4, 0.5) is 10.5 Å². The Morgan fingerprint density at radius 3 is 2.39 bits per heavy atom. The number of hydrogen-bond donors (Lipinski definition) is 3.